The average Bonchev–Trinajstić information content (AvgIpc) is 2.47. The van der Waals surface area contributed by atoms with Crippen molar-refractivity contribution in [3.8, 4) is 0 Å². The fourth-order valence-corrected chi connectivity index (χ4v) is 2.16. The predicted molar refractivity (Wildman–Crippen MR) is 73.2 cm³/mol. The Balaban J connectivity index is 2.05. The van der Waals surface area contributed by atoms with Gasteiger partial charge < -0.3 is 9.64 Å². The first-order chi connectivity index (χ1) is 10.8. The summed E-state index contributed by atoms with van der Waals surface area (Å²) in [7, 11) is 0. The molecule has 1 saturated heterocycles. The highest BCUT2D eigenvalue weighted by atomic mass is 19.4. The fourth-order valence-electron chi connectivity index (χ4n) is 2.16. The molecule has 0 saturated carbocycles. The van der Waals surface area contributed by atoms with Crippen LogP contribution >= 0.6 is 0 Å². The van der Waals surface area contributed by atoms with Crippen LogP contribution in [-0.4, -0.2) is 35.4 Å². The number of hydrogen-bond donors (Lipinski definition) is 0. The van der Waals surface area contributed by atoms with Crippen LogP contribution in [0.25, 0.3) is 0 Å². The molecule has 1 atom stereocenters. The molecule has 0 bridgehead atoms. The smallest absolute Gasteiger partial charge is 0.419 e. The van der Waals surface area contributed by atoms with Gasteiger partial charge in [0.05, 0.1) is 12.2 Å². The van der Waals surface area contributed by atoms with Gasteiger partial charge in [0, 0.05) is 31.4 Å². The first kappa shape index (κ1) is 17.2. The SMILES string of the molecule is CCOC(=O)C=C1CCN(c2ncc(C(F)(F)F)cn2)C(F)C1. The van der Waals surface area contributed by atoms with Gasteiger partial charge in [0.15, 0.2) is 6.30 Å². The molecule has 9 heteroatoms. The summed E-state index contributed by atoms with van der Waals surface area (Å²) < 4.78 is 56.3. The molecule has 23 heavy (non-hydrogen) atoms. The van der Waals surface area contributed by atoms with Gasteiger partial charge in [-0.15, -0.1) is 0 Å². The Kier molecular flexibility index (Phi) is 5.17. The van der Waals surface area contributed by atoms with E-state index in [1.54, 1.807) is 6.92 Å². The number of anilines is 1. The highest BCUT2D eigenvalue weighted by Gasteiger charge is 2.32. The van der Waals surface area contributed by atoms with Crippen molar-refractivity contribution in [3.63, 3.8) is 0 Å². The number of alkyl halides is 4. The van der Waals surface area contributed by atoms with Gasteiger partial charge in [0.1, 0.15) is 0 Å². The third-order valence-electron chi connectivity index (χ3n) is 3.27. The average molecular weight is 333 g/mol. The zero-order chi connectivity index (χ0) is 17.0. The van der Waals surface area contributed by atoms with E-state index in [9.17, 15) is 22.4 Å². The van der Waals surface area contributed by atoms with Crippen molar-refractivity contribution in [2.24, 2.45) is 0 Å². The molecule has 0 aliphatic carbocycles. The highest BCUT2D eigenvalue weighted by molar-refractivity contribution is 5.82. The minimum atomic E-state index is -4.54. The summed E-state index contributed by atoms with van der Waals surface area (Å²) in [6.45, 7) is 2.06. The number of halogens is 4. The second-order valence-corrected chi connectivity index (χ2v) is 4.91. The van der Waals surface area contributed by atoms with E-state index >= 15 is 0 Å². The van der Waals surface area contributed by atoms with Gasteiger partial charge in [-0.1, -0.05) is 5.57 Å². The van der Waals surface area contributed by atoms with Crippen LogP contribution in [0, 0.1) is 0 Å². The number of esters is 1. The van der Waals surface area contributed by atoms with Crippen LogP contribution in [0.4, 0.5) is 23.5 Å². The molecule has 2 rings (SSSR count). The molecule has 0 N–H and O–H groups in total. The van der Waals surface area contributed by atoms with Crippen LogP contribution < -0.4 is 4.90 Å². The molecule has 1 aliphatic heterocycles. The summed E-state index contributed by atoms with van der Waals surface area (Å²) in [4.78, 5) is 19.7. The molecule has 1 fully saturated rings. The largest absolute Gasteiger partial charge is 0.463 e. The normalized spacial score (nSPS) is 20.7. The van der Waals surface area contributed by atoms with E-state index in [2.05, 4.69) is 9.97 Å². The summed E-state index contributed by atoms with van der Waals surface area (Å²) in [5, 5.41) is 0. The minimum absolute atomic E-state index is 0.0524. The lowest BCUT2D eigenvalue weighted by molar-refractivity contribution is -0.138. The number of piperidine rings is 1. The number of aromatic nitrogens is 2. The van der Waals surface area contributed by atoms with Crippen LogP contribution in [0.1, 0.15) is 25.3 Å². The van der Waals surface area contributed by atoms with Gasteiger partial charge in [-0.05, 0) is 13.3 Å². The molecule has 0 amide bonds. The van der Waals surface area contributed by atoms with Gasteiger partial charge in [-0.25, -0.2) is 19.2 Å². The maximum atomic E-state index is 14.2. The monoisotopic (exact) mass is 333 g/mol. The number of ether oxygens (including phenoxy) is 1. The predicted octanol–water partition coefficient (Wildman–Crippen LogP) is 2.88. The third-order valence-corrected chi connectivity index (χ3v) is 3.27. The molecular formula is C14H15F4N3O2. The van der Waals surface area contributed by atoms with Crippen LogP contribution in [-0.2, 0) is 15.7 Å². The molecule has 0 radical (unpaired) electrons. The number of carbonyl (C=O) groups is 1. The summed E-state index contributed by atoms with van der Waals surface area (Å²) >= 11 is 0. The zero-order valence-electron chi connectivity index (χ0n) is 12.3. The molecular weight excluding hydrogens is 318 g/mol. The summed E-state index contributed by atoms with van der Waals surface area (Å²) in [5.74, 6) is -0.644. The maximum Gasteiger partial charge on any atom is 0.419 e. The Bertz CT molecular complexity index is 587. The van der Waals surface area contributed by atoms with E-state index in [0.717, 1.165) is 0 Å². The number of nitrogens with zero attached hydrogens (tertiary/aromatic N) is 3. The van der Waals surface area contributed by atoms with Crippen molar-refractivity contribution < 1.29 is 27.1 Å². The summed E-state index contributed by atoms with van der Waals surface area (Å²) in [6.07, 6.45) is -3.22. The zero-order valence-corrected chi connectivity index (χ0v) is 12.3. The van der Waals surface area contributed by atoms with E-state index in [4.69, 9.17) is 4.74 Å². The minimum Gasteiger partial charge on any atom is -0.463 e. The second kappa shape index (κ2) is 6.93. The van der Waals surface area contributed by atoms with Crippen molar-refractivity contribution in [3.05, 3.63) is 29.6 Å². The Labute approximate surface area is 130 Å². The van der Waals surface area contributed by atoms with Gasteiger partial charge in [-0.3, -0.25) is 0 Å². The summed E-state index contributed by atoms with van der Waals surface area (Å²) in [5.41, 5.74) is -0.407. The Morgan fingerprint density at radius 2 is 2.09 bits per heavy atom. The lowest BCUT2D eigenvalue weighted by Gasteiger charge is -2.31. The molecule has 1 unspecified atom stereocenters. The van der Waals surface area contributed by atoms with Crippen LogP contribution in [0.5, 0.6) is 0 Å². The first-order valence-electron chi connectivity index (χ1n) is 6.97. The first-order valence-corrected chi connectivity index (χ1v) is 6.97. The van der Waals surface area contributed by atoms with E-state index in [1.165, 1.54) is 11.0 Å². The van der Waals surface area contributed by atoms with Crippen molar-refractivity contribution in [1.29, 1.82) is 0 Å². The van der Waals surface area contributed by atoms with Gasteiger partial charge in [0.2, 0.25) is 5.95 Å². The van der Waals surface area contributed by atoms with Crippen molar-refractivity contribution in [2.75, 3.05) is 18.1 Å². The molecule has 0 spiro atoms. The number of carbonyl (C=O) groups excluding carboxylic acids is 1. The van der Waals surface area contributed by atoms with E-state index in [0.29, 0.717) is 24.4 Å². The van der Waals surface area contributed by atoms with Crippen molar-refractivity contribution >= 4 is 11.9 Å². The molecule has 1 aliphatic rings. The highest BCUT2D eigenvalue weighted by Crippen LogP contribution is 2.30. The topological polar surface area (TPSA) is 55.3 Å². The van der Waals surface area contributed by atoms with Crippen molar-refractivity contribution in [2.45, 2.75) is 32.2 Å². The molecule has 0 aromatic carbocycles. The number of rotatable bonds is 3. The quantitative estimate of drug-likeness (QED) is 0.368. The fraction of sp³-hybridized carbons (Fsp3) is 0.500. The molecule has 1 aromatic rings. The van der Waals surface area contributed by atoms with Crippen LogP contribution in [0.15, 0.2) is 24.0 Å². The standard InChI is InChI=1S/C14H15F4N3O2/c1-2-23-12(22)6-9-3-4-21(11(15)5-9)13-19-7-10(8-20-13)14(16,17)18/h6-8,11H,2-5H2,1H3. The van der Waals surface area contributed by atoms with Crippen LogP contribution in [0.2, 0.25) is 0 Å². The molecule has 5 nitrogen and oxygen atoms in total. The van der Waals surface area contributed by atoms with E-state index < -0.39 is 24.0 Å². The Morgan fingerprint density at radius 1 is 1.43 bits per heavy atom. The second-order valence-electron chi connectivity index (χ2n) is 4.91. The lowest BCUT2D eigenvalue weighted by Crippen LogP contribution is -2.38. The van der Waals surface area contributed by atoms with Gasteiger partial charge >= 0.3 is 12.1 Å². The molecule has 126 valence electrons. The molecule has 1 aromatic heterocycles. The molecule has 2 heterocycles. The van der Waals surface area contributed by atoms with Crippen molar-refractivity contribution in [1.82, 2.24) is 9.97 Å². The summed E-state index contributed by atoms with van der Waals surface area (Å²) in [6, 6.07) is 0. The third kappa shape index (κ3) is 4.40. The maximum absolute atomic E-state index is 14.2. The van der Waals surface area contributed by atoms with Gasteiger partial charge in [-0.2, -0.15) is 13.2 Å². The number of hydrogen-bond acceptors (Lipinski definition) is 5. The van der Waals surface area contributed by atoms with E-state index in [-0.39, 0.29) is 25.5 Å². The Hall–Kier alpha value is -2.19. The van der Waals surface area contributed by atoms with E-state index in [1.807, 2.05) is 0 Å². The Morgan fingerprint density at radius 3 is 2.61 bits per heavy atom. The van der Waals surface area contributed by atoms with Crippen LogP contribution in [0.3, 0.4) is 0 Å². The lowest BCUT2D eigenvalue weighted by atomic mass is 10.0. The van der Waals surface area contributed by atoms with Gasteiger partial charge in [0.25, 0.3) is 0 Å².